The van der Waals surface area contributed by atoms with Crippen molar-refractivity contribution in [2.45, 2.75) is 26.4 Å². The highest BCUT2D eigenvalue weighted by Gasteiger charge is 2.10. The highest BCUT2D eigenvalue weighted by atomic mass is 16.1. The van der Waals surface area contributed by atoms with Crippen molar-refractivity contribution in [1.82, 2.24) is 9.13 Å². The van der Waals surface area contributed by atoms with Gasteiger partial charge in [-0.15, -0.1) is 0 Å². The van der Waals surface area contributed by atoms with Crippen LogP contribution in [0, 0.1) is 0 Å². The number of hydrogen-bond acceptors (Lipinski definition) is 2. The van der Waals surface area contributed by atoms with Gasteiger partial charge >= 0.3 is 5.69 Å². The summed E-state index contributed by atoms with van der Waals surface area (Å²) in [6.45, 7) is 4.00. The third-order valence-electron chi connectivity index (χ3n) is 2.83. The zero-order valence-electron chi connectivity index (χ0n) is 9.52. The smallest absolute Gasteiger partial charge is 0.329 e. The molecule has 0 aliphatic carbocycles. The molecule has 0 saturated heterocycles. The van der Waals surface area contributed by atoms with Crippen molar-refractivity contribution >= 4 is 11.0 Å². The van der Waals surface area contributed by atoms with Gasteiger partial charge in [0.15, 0.2) is 0 Å². The molecule has 0 aliphatic rings. The van der Waals surface area contributed by atoms with Gasteiger partial charge in [0, 0.05) is 13.1 Å². The fourth-order valence-corrected chi connectivity index (χ4v) is 2.04. The number of fused-ring (bicyclic) bond motifs is 1. The first-order chi connectivity index (χ1) is 7.79. The summed E-state index contributed by atoms with van der Waals surface area (Å²) in [7, 11) is 0. The number of hydrogen-bond donors (Lipinski definition) is 1. The molecule has 0 atom stereocenters. The fourth-order valence-electron chi connectivity index (χ4n) is 2.04. The van der Waals surface area contributed by atoms with Crippen LogP contribution in [0.5, 0.6) is 0 Å². The third kappa shape index (κ3) is 1.65. The monoisotopic (exact) mass is 219 g/mol. The van der Waals surface area contributed by atoms with Crippen LogP contribution < -0.4 is 11.4 Å². The second kappa shape index (κ2) is 4.53. The molecule has 0 radical (unpaired) electrons. The summed E-state index contributed by atoms with van der Waals surface area (Å²) < 4.78 is 3.61. The van der Waals surface area contributed by atoms with Crippen molar-refractivity contribution < 1.29 is 0 Å². The molecule has 4 heteroatoms. The average Bonchev–Trinajstić information content (AvgIpc) is 2.58. The van der Waals surface area contributed by atoms with Crippen LogP contribution >= 0.6 is 0 Å². The van der Waals surface area contributed by atoms with E-state index in [0.29, 0.717) is 19.6 Å². The molecule has 1 aromatic carbocycles. The molecule has 1 heterocycles. The number of aromatic nitrogens is 2. The second-order valence-electron chi connectivity index (χ2n) is 3.81. The number of para-hydroxylation sites is 2. The Kier molecular flexibility index (Phi) is 3.10. The molecular weight excluding hydrogens is 202 g/mol. The van der Waals surface area contributed by atoms with Crippen molar-refractivity contribution in [2.75, 3.05) is 6.54 Å². The highest BCUT2D eigenvalue weighted by Crippen LogP contribution is 2.12. The van der Waals surface area contributed by atoms with Crippen LogP contribution in [0.4, 0.5) is 0 Å². The van der Waals surface area contributed by atoms with E-state index in [-0.39, 0.29) is 5.69 Å². The number of rotatable bonds is 4. The maximum Gasteiger partial charge on any atom is 0.329 e. The molecule has 16 heavy (non-hydrogen) atoms. The highest BCUT2D eigenvalue weighted by molar-refractivity contribution is 5.75. The fraction of sp³-hybridized carbons (Fsp3) is 0.417. The summed E-state index contributed by atoms with van der Waals surface area (Å²) in [4.78, 5) is 12.1. The normalized spacial score (nSPS) is 11.1. The zero-order chi connectivity index (χ0) is 11.5. The lowest BCUT2D eigenvalue weighted by Gasteiger charge is -2.00. The Morgan fingerprint density at radius 2 is 1.81 bits per heavy atom. The molecule has 0 bridgehead atoms. The van der Waals surface area contributed by atoms with Gasteiger partial charge in [-0.05, 0) is 32.0 Å². The molecule has 0 fully saturated rings. The van der Waals surface area contributed by atoms with Crippen LogP contribution in [0.2, 0.25) is 0 Å². The number of nitrogens with two attached hydrogens (primary N) is 1. The van der Waals surface area contributed by atoms with E-state index in [1.807, 2.05) is 35.8 Å². The van der Waals surface area contributed by atoms with Crippen molar-refractivity contribution in [3.63, 3.8) is 0 Å². The minimum atomic E-state index is 0.0668. The molecule has 4 nitrogen and oxygen atoms in total. The van der Waals surface area contributed by atoms with Gasteiger partial charge < -0.3 is 5.73 Å². The molecule has 0 spiro atoms. The molecule has 2 aromatic rings. The number of imidazole rings is 1. The van der Waals surface area contributed by atoms with E-state index in [2.05, 4.69) is 0 Å². The first-order valence-electron chi connectivity index (χ1n) is 5.67. The SMILES string of the molecule is CCn1c(=O)n(CCCN)c2ccccc21. The standard InChI is InChI=1S/C12H17N3O/c1-2-14-10-6-3-4-7-11(10)15(12(14)16)9-5-8-13/h3-4,6-7H,2,5,8-9,13H2,1H3. The molecule has 0 unspecified atom stereocenters. The van der Waals surface area contributed by atoms with Gasteiger partial charge in [-0.3, -0.25) is 9.13 Å². The molecule has 86 valence electrons. The molecule has 0 amide bonds. The van der Waals surface area contributed by atoms with E-state index in [9.17, 15) is 4.79 Å². The zero-order valence-corrected chi connectivity index (χ0v) is 9.52. The summed E-state index contributed by atoms with van der Waals surface area (Å²) in [6, 6.07) is 7.89. The van der Waals surface area contributed by atoms with Crippen molar-refractivity contribution in [1.29, 1.82) is 0 Å². The van der Waals surface area contributed by atoms with Gasteiger partial charge in [-0.2, -0.15) is 0 Å². The van der Waals surface area contributed by atoms with Gasteiger partial charge in [0.1, 0.15) is 0 Å². The summed E-state index contributed by atoms with van der Waals surface area (Å²) in [5, 5.41) is 0. The average molecular weight is 219 g/mol. The minimum Gasteiger partial charge on any atom is -0.330 e. The minimum absolute atomic E-state index is 0.0668. The Morgan fingerprint density at radius 1 is 1.19 bits per heavy atom. The van der Waals surface area contributed by atoms with Gasteiger partial charge in [0.25, 0.3) is 0 Å². The van der Waals surface area contributed by atoms with Gasteiger partial charge in [-0.1, -0.05) is 12.1 Å². The predicted octanol–water partition coefficient (Wildman–Crippen LogP) is 1.17. The van der Waals surface area contributed by atoms with Crippen LogP contribution in [0.25, 0.3) is 11.0 Å². The van der Waals surface area contributed by atoms with Crippen LogP contribution in [-0.2, 0) is 13.1 Å². The molecule has 2 rings (SSSR count). The van der Waals surface area contributed by atoms with Crippen LogP contribution in [-0.4, -0.2) is 15.7 Å². The topological polar surface area (TPSA) is 53.0 Å². The van der Waals surface area contributed by atoms with E-state index in [1.54, 1.807) is 4.57 Å². The van der Waals surface area contributed by atoms with E-state index in [1.165, 1.54) is 0 Å². The predicted molar refractivity (Wildman–Crippen MR) is 65.5 cm³/mol. The molecule has 0 saturated carbocycles. The Balaban J connectivity index is 2.63. The number of nitrogens with zero attached hydrogens (tertiary/aromatic N) is 2. The second-order valence-corrected chi connectivity index (χ2v) is 3.81. The molecule has 0 aliphatic heterocycles. The maximum absolute atomic E-state index is 12.1. The summed E-state index contributed by atoms with van der Waals surface area (Å²) >= 11 is 0. The lowest BCUT2D eigenvalue weighted by Crippen LogP contribution is -2.24. The van der Waals surface area contributed by atoms with E-state index in [0.717, 1.165) is 17.5 Å². The Labute approximate surface area is 94.3 Å². The largest absolute Gasteiger partial charge is 0.330 e. The summed E-state index contributed by atoms with van der Waals surface area (Å²) in [5.74, 6) is 0. The third-order valence-corrected chi connectivity index (χ3v) is 2.83. The summed E-state index contributed by atoms with van der Waals surface area (Å²) in [6.07, 6.45) is 0.831. The van der Waals surface area contributed by atoms with Crippen LogP contribution in [0.15, 0.2) is 29.1 Å². The maximum atomic E-state index is 12.1. The number of benzene rings is 1. The summed E-state index contributed by atoms with van der Waals surface area (Å²) in [5.41, 5.74) is 7.56. The van der Waals surface area contributed by atoms with E-state index >= 15 is 0 Å². The van der Waals surface area contributed by atoms with Gasteiger partial charge in [0.2, 0.25) is 0 Å². The molecule has 2 N–H and O–H groups in total. The van der Waals surface area contributed by atoms with E-state index < -0.39 is 0 Å². The van der Waals surface area contributed by atoms with Crippen LogP contribution in [0.1, 0.15) is 13.3 Å². The first kappa shape index (κ1) is 11.0. The Hall–Kier alpha value is -1.55. The lowest BCUT2D eigenvalue weighted by atomic mass is 10.3. The van der Waals surface area contributed by atoms with E-state index in [4.69, 9.17) is 5.73 Å². The van der Waals surface area contributed by atoms with Gasteiger partial charge in [0.05, 0.1) is 11.0 Å². The Morgan fingerprint density at radius 3 is 2.38 bits per heavy atom. The van der Waals surface area contributed by atoms with Crippen LogP contribution in [0.3, 0.4) is 0 Å². The quantitative estimate of drug-likeness (QED) is 0.839. The first-order valence-corrected chi connectivity index (χ1v) is 5.67. The Bertz CT molecular complexity index is 539. The number of aryl methyl sites for hydroxylation is 2. The lowest BCUT2D eigenvalue weighted by molar-refractivity contribution is 0.614. The molecular formula is C12H17N3O. The molecule has 1 aromatic heterocycles. The van der Waals surface area contributed by atoms with Crippen molar-refractivity contribution in [3.8, 4) is 0 Å². The van der Waals surface area contributed by atoms with Crippen molar-refractivity contribution in [2.24, 2.45) is 5.73 Å². The van der Waals surface area contributed by atoms with Crippen molar-refractivity contribution in [3.05, 3.63) is 34.7 Å². The van der Waals surface area contributed by atoms with Gasteiger partial charge in [-0.25, -0.2) is 4.79 Å².